The van der Waals surface area contributed by atoms with Gasteiger partial charge in [-0.15, -0.1) is 0 Å². The van der Waals surface area contributed by atoms with Crippen molar-refractivity contribution in [2.24, 2.45) is 0 Å². The highest BCUT2D eigenvalue weighted by Gasteiger charge is 2.33. The fraction of sp³-hybridized carbons (Fsp3) is 0.429. The van der Waals surface area contributed by atoms with Crippen LogP contribution in [-0.4, -0.2) is 34.5 Å². The molecule has 1 aliphatic carbocycles. The number of benzene rings is 1. The topological polar surface area (TPSA) is 57.6 Å². The van der Waals surface area contributed by atoms with Gasteiger partial charge in [0.15, 0.2) is 0 Å². The van der Waals surface area contributed by atoms with E-state index in [9.17, 15) is 18.4 Å². The fourth-order valence-electron chi connectivity index (χ4n) is 2.07. The van der Waals surface area contributed by atoms with Gasteiger partial charge in [-0.05, 0) is 25.0 Å². The van der Waals surface area contributed by atoms with Crippen molar-refractivity contribution in [1.82, 2.24) is 4.90 Å². The molecule has 1 aromatic carbocycles. The van der Waals surface area contributed by atoms with Gasteiger partial charge in [0, 0.05) is 18.2 Å². The lowest BCUT2D eigenvalue weighted by atomic mass is 10.1. The second-order valence-corrected chi connectivity index (χ2v) is 4.84. The minimum atomic E-state index is -1.000. The molecule has 1 aromatic rings. The minimum Gasteiger partial charge on any atom is -0.481 e. The smallest absolute Gasteiger partial charge is 0.305 e. The van der Waals surface area contributed by atoms with Gasteiger partial charge in [0.05, 0.1) is 12.8 Å². The maximum Gasteiger partial charge on any atom is 0.305 e. The molecular formula is C14H15F2NO3. The van der Waals surface area contributed by atoms with E-state index in [0.29, 0.717) is 0 Å². The molecule has 0 radical (unpaired) electrons. The highest BCUT2D eigenvalue weighted by molar-refractivity contribution is 5.80. The van der Waals surface area contributed by atoms with Gasteiger partial charge in [0.25, 0.3) is 0 Å². The molecule has 0 heterocycles. The Morgan fingerprint density at radius 1 is 1.25 bits per heavy atom. The molecule has 4 nitrogen and oxygen atoms in total. The van der Waals surface area contributed by atoms with Crippen molar-refractivity contribution in [3.63, 3.8) is 0 Å². The van der Waals surface area contributed by atoms with Crippen molar-refractivity contribution in [3.8, 4) is 0 Å². The predicted octanol–water partition coefficient (Wildman–Crippen LogP) is 1.97. The van der Waals surface area contributed by atoms with E-state index in [2.05, 4.69) is 0 Å². The Kier molecular flexibility index (Phi) is 4.32. The number of carboxylic acid groups (broad SMARTS) is 1. The van der Waals surface area contributed by atoms with E-state index in [-0.39, 0.29) is 31.0 Å². The van der Waals surface area contributed by atoms with Gasteiger partial charge < -0.3 is 10.0 Å². The lowest BCUT2D eigenvalue weighted by molar-refractivity contribution is -0.138. The van der Waals surface area contributed by atoms with Crippen LogP contribution in [0.25, 0.3) is 0 Å². The van der Waals surface area contributed by atoms with Crippen molar-refractivity contribution < 1.29 is 23.5 Å². The number of carbonyl (C=O) groups excluding carboxylic acids is 1. The third-order valence-corrected chi connectivity index (χ3v) is 3.26. The van der Waals surface area contributed by atoms with Gasteiger partial charge in [0.2, 0.25) is 5.91 Å². The van der Waals surface area contributed by atoms with E-state index in [4.69, 9.17) is 5.11 Å². The van der Waals surface area contributed by atoms with Crippen LogP contribution in [0.5, 0.6) is 0 Å². The molecule has 0 aliphatic heterocycles. The predicted molar refractivity (Wildman–Crippen MR) is 67.0 cm³/mol. The highest BCUT2D eigenvalue weighted by Crippen LogP contribution is 2.28. The van der Waals surface area contributed by atoms with Crippen LogP contribution in [-0.2, 0) is 16.0 Å². The molecule has 1 fully saturated rings. The van der Waals surface area contributed by atoms with Crippen LogP contribution in [0.3, 0.4) is 0 Å². The Morgan fingerprint density at radius 2 is 1.85 bits per heavy atom. The summed E-state index contributed by atoms with van der Waals surface area (Å²) in [6, 6.07) is 3.45. The maximum absolute atomic E-state index is 13.5. The van der Waals surface area contributed by atoms with Crippen molar-refractivity contribution in [2.75, 3.05) is 6.54 Å². The largest absolute Gasteiger partial charge is 0.481 e. The molecule has 2 rings (SSSR count). The highest BCUT2D eigenvalue weighted by atomic mass is 19.1. The van der Waals surface area contributed by atoms with Gasteiger partial charge >= 0.3 is 5.97 Å². The summed E-state index contributed by atoms with van der Waals surface area (Å²) in [4.78, 5) is 24.1. The number of hydrogen-bond donors (Lipinski definition) is 1. The molecule has 0 unspecified atom stereocenters. The number of hydrogen-bond acceptors (Lipinski definition) is 2. The molecule has 0 saturated heterocycles. The Morgan fingerprint density at radius 3 is 2.35 bits per heavy atom. The minimum absolute atomic E-state index is 0.0108. The van der Waals surface area contributed by atoms with Crippen molar-refractivity contribution in [3.05, 3.63) is 35.4 Å². The monoisotopic (exact) mass is 283 g/mol. The van der Waals surface area contributed by atoms with E-state index in [1.165, 1.54) is 11.0 Å². The number of rotatable bonds is 6. The number of halogens is 2. The standard InChI is InChI=1S/C14H15F2NO3/c15-11-2-1-3-12(16)10(11)8-13(18)17(9-4-5-9)7-6-14(19)20/h1-3,9H,4-8H2,(H,19,20). The zero-order valence-corrected chi connectivity index (χ0v) is 10.8. The van der Waals surface area contributed by atoms with E-state index >= 15 is 0 Å². The number of amides is 1. The molecule has 1 amide bonds. The van der Waals surface area contributed by atoms with Crippen LogP contribution in [0.1, 0.15) is 24.8 Å². The van der Waals surface area contributed by atoms with Crippen LogP contribution < -0.4 is 0 Å². The third-order valence-electron chi connectivity index (χ3n) is 3.26. The maximum atomic E-state index is 13.5. The summed E-state index contributed by atoms with van der Waals surface area (Å²) in [5, 5.41) is 8.67. The lowest BCUT2D eigenvalue weighted by Crippen LogP contribution is -2.36. The second kappa shape index (κ2) is 5.98. The third kappa shape index (κ3) is 3.53. The van der Waals surface area contributed by atoms with Gasteiger partial charge in [-0.25, -0.2) is 8.78 Å². The summed E-state index contributed by atoms with van der Waals surface area (Å²) in [6.07, 6.45) is 1.08. The molecular weight excluding hydrogens is 268 g/mol. The molecule has 108 valence electrons. The molecule has 1 N–H and O–H groups in total. The van der Waals surface area contributed by atoms with Crippen LogP contribution in [0.15, 0.2) is 18.2 Å². The van der Waals surface area contributed by atoms with Gasteiger partial charge in [-0.1, -0.05) is 6.07 Å². The first-order valence-electron chi connectivity index (χ1n) is 6.43. The first kappa shape index (κ1) is 14.4. The molecule has 1 aliphatic rings. The molecule has 0 bridgehead atoms. The average molecular weight is 283 g/mol. The molecule has 0 spiro atoms. The molecule has 0 aromatic heterocycles. The Bertz CT molecular complexity index is 509. The van der Waals surface area contributed by atoms with Gasteiger partial charge in [-0.2, -0.15) is 0 Å². The van der Waals surface area contributed by atoms with E-state index in [1.54, 1.807) is 0 Å². The van der Waals surface area contributed by atoms with E-state index in [1.807, 2.05) is 0 Å². The van der Waals surface area contributed by atoms with Crippen molar-refractivity contribution in [1.29, 1.82) is 0 Å². The van der Waals surface area contributed by atoms with Crippen LogP contribution >= 0.6 is 0 Å². The molecule has 6 heteroatoms. The van der Waals surface area contributed by atoms with Crippen molar-refractivity contribution >= 4 is 11.9 Å². The Hall–Kier alpha value is -1.98. The first-order chi connectivity index (χ1) is 9.49. The fourth-order valence-corrected chi connectivity index (χ4v) is 2.07. The molecule has 20 heavy (non-hydrogen) atoms. The molecule has 0 atom stereocenters. The lowest BCUT2D eigenvalue weighted by Gasteiger charge is -2.22. The molecule has 1 saturated carbocycles. The summed E-state index contributed by atoms with van der Waals surface area (Å²) in [5.41, 5.74) is -0.265. The van der Waals surface area contributed by atoms with Crippen LogP contribution in [0, 0.1) is 11.6 Å². The summed E-state index contributed by atoms with van der Waals surface area (Å²) in [6.45, 7) is 0.0783. The normalized spacial score (nSPS) is 14.1. The summed E-state index contributed by atoms with van der Waals surface area (Å²) < 4.78 is 27.0. The van der Waals surface area contributed by atoms with Gasteiger partial charge in [-0.3, -0.25) is 9.59 Å². The number of aliphatic carboxylic acids is 1. The van der Waals surface area contributed by atoms with Crippen molar-refractivity contribution in [2.45, 2.75) is 31.7 Å². The van der Waals surface area contributed by atoms with Gasteiger partial charge in [0.1, 0.15) is 11.6 Å². The van der Waals surface area contributed by atoms with E-state index in [0.717, 1.165) is 25.0 Å². The number of nitrogens with zero attached hydrogens (tertiary/aromatic N) is 1. The average Bonchev–Trinajstić information content (AvgIpc) is 3.18. The number of carboxylic acids is 1. The van der Waals surface area contributed by atoms with E-state index < -0.39 is 23.5 Å². The summed E-state index contributed by atoms with van der Waals surface area (Å²) in [5.74, 6) is -2.95. The Balaban J connectivity index is 2.06. The second-order valence-electron chi connectivity index (χ2n) is 4.84. The quantitative estimate of drug-likeness (QED) is 0.868. The zero-order chi connectivity index (χ0) is 14.7. The van der Waals surface area contributed by atoms with Crippen LogP contribution in [0.2, 0.25) is 0 Å². The Labute approximate surface area is 115 Å². The summed E-state index contributed by atoms with van der Waals surface area (Å²) >= 11 is 0. The first-order valence-corrected chi connectivity index (χ1v) is 6.43. The summed E-state index contributed by atoms with van der Waals surface area (Å²) in [7, 11) is 0. The number of carbonyl (C=O) groups is 2. The SMILES string of the molecule is O=C(O)CCN(C(=O)Cc1c(F)cccc1F)C1CC1. The zero-order valence-electron chi connectivity index (χ0n) is 10.8. The van der Waals surface area contributed by atoms with Crippen LogP contribution in [0.4, 0.5) is 8.78 Å².